The number of benzene rings is 1. The van der Waals surface area contributed by atoms with Gasteiger partial charge in [-0.15, -0.1) is 22.7 Å². The van der Waals surface area contributed by atoms with Gasteiger partial charge in [-0.25, -0.2) is 0 Å². The smallest absolute Gasteiger partial charge is 0.268 e. The lowest BCUT2D eigenvalue weighted by molar-refractivity contribution is 0.106. The SMILES string of the molecule is CCOc1cccc(/C=c2\s/c(=C\C(=O)c3cccs3)n(C)c2=O)c1OC. The van der Waals surface area contributed by atoms with E-state index in [0.29, 0.717) is 32.2 Å². The maximum absolute atomic E-state index is 12.6. The fraction of sp³-hybridized carbons (Fsp3) is 0.200. The highest BCUT2D eigenvalue weighted by Crippen LogP contribution is 2.31. The van der Waals surface area contributed by atoms with E-state index in [2.05, 4.69) is 0 Å². The number of ketones is 1. The molecule has 0 atom stereocenters. The van der Waals surface area contributed by atoms with Crippen LogP contribution in [0.15, 0.2) is 40.5 Å². The standard InChI is InChI=1S/C20H19NO4S2/c1-4-25-15-8-5-7-13(19(15)24-3)11-17-20(23)21(2)18(27-17)12-14(22)16-9-6-10-26-16/h5-12H,4H2,1-3H3/b17-11-,18-12-. The second kappa shape index (κ2) is 8.37. The third-order valence-corrected chi connectivity index (χ3v) is 5.88. The van der Waals surface area contributed by atoms with E-state index in [4.69, 9.17) is 9.47 Å². The van der Waals surface area contributed by atoms with Crippen molar-refractivity contribution in [1.82, 2.24) is 4.57 Å². The summed E-state index contributed by atoms with van der Waals surface area (Å²) in [5, 5.41) is 1.85. The molecule has 0 aliphatic carbocycles. The maximum Gasteiger partial charge on any atom is 0.268 e. The molecule has 0 aliphatic rings. The average Bonchev–Trinajstić information content (AvgIpc) is 3.28. The number of methoxy groups -OCH3 is 1. The lowest BCUT2D eigenvalue weighted by Gasteiger charge is -2.11. The van der Waals surface area contributed by atoms with E-state index in [-0.39, 0.29) is 11.3 Å². The van der Waals surface area contributed by atoms with Crippen LogP contribution in [-0.4, -0.2) is 24.1 Å². The van der Waals surface area contributed by atoms with Crippen molar-refractivity contribution in [2.24, 2.45) is 7.05 Å². The fourth-order valence-corrected chi connectivity index (χ4v) is 4.24. The third-order valence-electron chi connectivity index (χ3n) is 3.88. The van der Waals surface area contributed by atoms with Crippen LogP contribution in [0.1, 0.15) is 22.2 Å². The van der Waals surface area contributed by atoms with E-state index in [1.54, 1.807) is 26.3 Å². The summed E-state index contributed by atoms with van der Waals surface area (Å²) in [5.41, 5.74) is 0.590. The average molecular weight is 402 g/mol. The van der Waals surface area contributed by atoms with Gasteiger partial charge in [-0.05, 0) is 30.5 Å². The van der Waals surface area contributed by atoms with Crippen LogP contribution in [0.5, 0.6) is 11.5 Å². The number of aromatic nitrogens is 1. The number of nitrogens with zero attached hydrogens (tertiary/aromatic N) is 1. The van der Waals surface area contributed by atoms with Crippen LogP contribution in [0, 0.1) is 0 Å². The van der Waals surface area contributed by atoms with Gasteiger partial charge < -0.3 is 14.0 Å². The molecule has 0 aliphatic heterocycles. The number of ether oxygens (including phenoxy) is 2. The van der Waals surface area contributed by atoms with Gasteiger partial charge >= 0.3 is 0 Å². The molecule has 0 radical (unpaired) electrons. The molecule has 2 aromatic heterocycles. The summed E-state index contributed by atoms with van der Waals surface area (Å²) in [6, 6.07) is 9.14. The van der Waals surface area contributed by atoms with Crippen molar-refractivity contribution < 1.29 is 14.3 Å². The minimum Gasteiger partial charge on any atom is -0.492 e. The maximum atomic E-state index is 12.6. The number of para-hydroxylation sites is 1. The predicted molar refractivity (Wildman–Crippen MR) is 110 cm³/mol. The van der Waals surface area contributed by atoms with Gasteiger partial charge in [0.2, 0.25) is 0 Å². The third kappa shape index (κ3) is 4.04. The fourth-order valence-electron chi connectivity index (χ4n) is 2.58. The van der Waals surface area contributed by atoms with Gasteiger partial charge in [-0.3, -0.25) is 9.59 Å². The summed E-state index contributed by atoms with van der Waals surface area (Å²) >= 11 is 2.65. The molecule has 3 aromatic rings. The highest BCUT2D eigenvalue weighted by Gasteiger charge is 2.10. The van der Waals surface area contributed by atoms with Crippen molar-refractivity contribution in [3.63, 3.8) is 0 Å². The molecule has 0 spiro atoms. The largest absolute Gasteiger partial charge is 0.492 e. The zero-order chi connectivity index (χ0) is 19.4. The Morgan fingerprint density at radius 2 is 2.07 bits per heavy atom. The molecule has 140 valence electrons. The van der Waals surface area contributed by atoms with E-state index in [9.17, 15) is 9.59 Å². The van der Waals surface area contributed by atoms with Gasteiger partial charge in [-0.1, -0.05) is 18.2 Å². The Morgan fingerprint density at radius 1 is 1.26 bits per heavy atom. The number of Topliss-reactive ketones (excluding diaryl/α,β-unsaturated/α-hetero) is 1. The minimum absolute atomic E-state index is 0.107. The van der Waals surface area contributed by atoms with Crippen LogP contribution in [0.2, 0.25) is 0 Å². The number of hydrogen-bond donors (Lipinski definition) is 0. The summed E-state index contributed by atoms with van der Waals surface area (Å²) in [6.07, 6.45) is 3.27. The van der Waals surface area contributed by atoms with E-state index >= 15 is 0 Å². The highest BCUT2D eigenvalue weighted by molar-refractivity contribution is 7.12. The monoisotopic (exact) mass is 401 g/mol. The zero-order valence-corrected chi connectivity index (χ0v) is 16.9. The Morgan fingerprint density at radius 3 is 2.74 bits per heavy atom. The van der Waals surface area contributed by atoms with Gasteiger partial charge in [-0.2, -0.15) is 0 Å². The molecule has 0 N–H and O–H groups in total. The van der Waals surface area contributed by atoms with Gasteiger partial charge in [0, 0.05) is 18.7 Å². The molecule has 3 rings (SSSR count). The quantitative estimate of drug-likeness (QED) is 0.595. The number of thiophene rings is 1. The Balaban J connectivity index is 2.11. The molecule has 7 heteroatoms. The number of hydrogen-bond acceptors (Lipinski definition) is 6. The van der Waals surface area contributed by atoms with Crippen molar-refractivity contribution in [1.29, 1.82) is 0 Å². The molecule has 0 fully saturated rings. The van der Waals surface area contributed by atoms with Gasteiger partial charge in [0.15, 0.2) is 17.3 Å². The van der Waals surface area contributed by atoms with Gasteiger partial charge in [0.1, 0.15) is 4.66 Å². The summed E-state index contributed by atoms with van der Waals surface area (Å²) in [6.45, 7) is 2.42. The highest BCUT2D eigenvalue weighted by atomic mass is 32.1. The van der Waals surface area contributed by atoms with Crippen molar-refractivity contribution in [2.45, 2.75) is 6.92 Å². The molecular weight excluding hydrogens is 382 g/mol. The van der Waals surface area contributed by atoms with Crippen molar-refractivity contribution in [3.05, 3.63) is 65.7 Å². The van der Waals surface area contributed by atoms with E-state index in [1.165, 1.54) is 33.3 Å². The van der Waals surface area contributed by atoms with Crippen LogP contribution < -0.4 is 24.2 Å². The van der Waals surface area contributed by atoms with Gasteiger partial charge in [0.05, 0.1) is 23.1 Å². The van der Waals surface area contributed by atoms with Crippen LogP contribution >= 0.6 is 22.7 Å². The second-order valence-electron chi connectivity index (χ2n) is 5.61. The Kier molecular flexibility index (Phi) is 5.93. The first-order valence-electron chi connectivity index (χ1n) is 8.32. The molecule has 5 nitrogen and oxygen atoms in total. The van der Waals surface area contributed by atoms with Crippen molar-refractivity contribution in [2.75, 3.05) is 13.7 Å². The van der Waals surface area contributed by atoms with Crippen LogP contribution in [0.4, 0.5) is 0 Å². The number of rotatable bonds is 6. The number of carbonyl (C=O) groups is 1. The van der Waals surface area contributed by atoms with Crippen molar-refractivity contribution in [3.8, 4) is 11.5 Å². The molecule has 0 saturated carbocycles. The second-order valence-corrected chi connectivity index (χ2v) is 7.62. The van der Waals surface area contributed by atoms with Crippen LogP contribution in [0.3, 0.4) is 0 Å². The van der Waals surface area contributed by atoms with Crippen molar-refractivity contribution >= 4 is 40.6 Å². The first-order valence-corrected chi connectivity index (χ1v) is 10.0. The molecule has 0 saturated heterocycles. The topological polar surface area (TPSA) is 57.5 Å². The molecular formula is C20H19NO4S2. The molecule has 2 heterocycles. The van der Waals surface area contributed by atoms with Crippen LogP contribution in [0.25, 0.3) is 12.2 Å². The summed E-state index contributed by atoms with van der Waals surface area (Å²) in [4.78, 5) is 25.6. The molecule has 0 unspecified atom stereocenters. The Labute approximate surface area is 164 Å². The van der Waals surface area contributed by atoms with E-state index in [0.717, 1.165) is 5.56 Å². The van der Waals surface area contributed by atoms with E-state index in [1.807, 2.05) is 36.6 Å². The zero-order valence-electron chi connectivity index (χ0n) is 15.2. The molecule has 0 amide bonds. The first-order chi connectivity index (χ1) is 13.0. The summed E-state index contributed by atoms with van der Waals surface area (Å²) < 4.78 is 13.7. The molecule has 0 bridgehead atoms. The lowest BCUT2D eigenvalue weighted by Crippen LogP contribution is -2.29. The van der Waals surface area contributed by atoms with Crippen LogP contribution in [-0.2, 0) is 7.05 Å². The number of carbonyl (C=O) groups excluding carboxylic acids is 1. The van der Waals surface area contributed by atoms with E-state index < -0.39 is 0 Å². The lowest BCUT2D eigenvalue weighted by atomic mass is 10.2. The Bertz CT molecular complexity index is 1120. The normalized spacial score (nSPS) is 12.4. The molecule has 1 aromatic carbocycles. The summed E-state index contributed by atoms with van der Waals surface area (Å²) in [5.74, 6) is 1.10. The van der Waals surface area contributed by atoms with Gasteiger partial charge in [0.25, 0.3) is 5.56 Å². The minimum atomic E-state index is -0.158. The summed E-state index contributed by atoms with van der Waals surface area (Å²) in [7, 11) is 3.23. The first kappa shape index (κ1) is 19.1. The molecule has 27 heavy (non-hydrogen) atoms. The predicted octanol–water partition coefficient (Wildman–Crippen LogP) is 2.41. The Hall–Kier alpha value is -2.64. The number of thiazole rings is 1.